The molecule has 2 rings (SSSR count). The van der Waals surface area contributed by atoms with Gasteiger partial charge in [-0.3, -0.25) is 0 Å². The largest absolute Gasteiger partial charge is 0.493 e. The van der Waals surface area contributed by atoms with Crippen LogP contribution in [0, 0.1) is 0 Å². The molecule has 0 saturated carbocycles. The number of ether oxygens (including phenoxy) is 1. The van der Waals surface area contributed by atoms with E-state index in [1.54, 1.807) is 0 Å². The minimum Gasteiger partial charge on any atom is -0.493 e. The lowest BCUT2D eigenvalue weighted by atomic mass is 10.0. The predicted molar refractivity (Wildman–Crippen MR) is 72.0 cm³/mol. The van der Waals surface area contributed by atoms with E-state index in [0.29, 0.717) is 19.4 Å². The lowest BCUT2D eigenvalue weighted by Crippen LogP contribution is -2.36. The molecular weight excluding hydrogens is 248 g/mol. The molecule has 4 heteroatoms. The van der Waals surface area contributed by atoms with Crippen molar-refractivity contribution in [1.82, 2.24) is 5.32 Å². The van der Waals surface area contributed by atoms with Crippen LogP contribution in [0.2, 0.25) is 0 Å². The summed E-state index contributed by atoms with van der Waals surface area (Å²) in [6.07, 6.45) is 0.648. The molecule has 1 heterocycles. The fourth-order valence-corrected chi connectivity index (χ4v) is 2.36. The Kier molecular flexibility index (Phi) is 5.14. The normalized spacial score (nSPS) is 15.4. The van der Waals surface area contributed by atoms with Crippen molar-refractivity contribution in [1.29, 1.82) is 0 Å². The van der Waals surface area contributed by atoms with Gasteiger partial charge in [0.25, 0.3) is 6.43 Å². The Morgan fingerprint density at radius 3 is 2.95 bits per heavy atom. The van der Waals surface area contributed by atoms with Crippen molar-refractivity contribution >= 4 is 0 Å². The Hall–Kier alpha value is -1.16. The summed E-state index contributed by atoms with van der Waals surface area (Å²) < 4.78 is 31.2. The molecule has 1 unspecified atom stereocenters. The van der Waals surface area contributed by atoms with Gasteiger partial charge in [-0.05, 0) is 43.0 Å². The van der Waals surface area contributed by atoms with Gasteiger partial charge in [0.15, 0.2) is 0 Å². The van der Waals surface area contributed by atoms with Crippen molar-refractivity contribution in [2.75, 3.05) is 13.2 Å². The fraction of sp³-hybridized carbons (Fsp3) is 0.600. The third-order valence-corrected chi connectivity index (χ3v) is 3.46. The van der Waals surface area contributed by atoms with Crippen molar-refractivity contribution in [3.05, 3.63) is 29.3 Å². The van der Waals surface area contributed by atoms with Crippen LogP contribution in [0.5, 0.6) is 5.75 Å². The van der Waals surface area contributed by atoms with Gasteiger partial charge in [0, 0.05) is 6.42 Å². The first kappa shape index (κ1) is 14.3. The average molecular weight is 269 g/mol. The molecule has 0 aromatic heterocycles. The van der Waals surface area contributed by atoms with Crippen molar-refractivity contribution in [3.8, 4) is 5.75 Å². The van der Waals surface area contributed by atoms with Crippen LogP contribution in [0.15, 0.2) is 18.2 Å². The van der Waals surface area contributed by atoms with Crippen molar-refractivity contribution < 1.29 is 13.5 Å². The molecule has 0 fully saturated rings. The third-order valence-electron chi connectivity index (χ3n) is 3.46. The molecule has 1 aliphatic heterocycles. The van der Waals surface area contributed by atoms with E-state index in [9.17, 15) is 8.78 Å². The second kappa shape index (κ2) is 6.85. The summed E-state index contributed by atoms with van der Waals surface area (Å²) >= 11 is 0. The van der Waals surface area contributed by atoms with Gasteiger partial charge in [0.1, 0.15) is 5.75 Å². The fourth-order valence-electron chi connectivity index (χ4n) is 2.36. The number of fused-ring (bicyclic) bond motifs is 1. The highest BCUT2D eigenvalue weighted by Crippen LogP contribution is 2.26. The highest BCUT2D eigenvalue weighted by atomic mass is 19.3. The summed E-state index contributed by atoms with van der Waals surface area (Å²) in [6.45, 7) is 3.36. The van der Waals surface area contributed by atoms with Gasteiger partial charge >= 0.3 is 0 Å². The Balaban J connectivity index is 1.89. The molecule has 19 heavy (non-hydrogen) atoms. The van der Waals surface area contributed by atoms with Gasteiger partial charge in [-0.25, -0.2) is 8.78 Å². The van der Waals surface area contributed by atoms with E-state index in [0.717, 1.165) is 30.8 Å². The number of hydrogen-bond donors (Lipinski definition) is 1. The third kappa shape index (κ3) is 3.90. The summed E-state index contributed by atoms with van der Waals surface area (Å²) in [5, 5.41) is 2.92. The molecule has 0 bridgehead atoms. The Morgan fingerprint density at radius 2 is 2.21 bits per heavy atom. The lowest BCUT2D eigenvalue weighted by Gasteiger charge is -2.17. The van der Waals surface area contributed by atoms with E-state index < -0.39 is 12.5 Å². The van der Waals surface area contributed by atoms with E-state index in [-0.39, 0.29) is 0 Å². The Bertz CT molecular complexity index is 409. The molecule has 1 N–H and O–H groups in total. The SMILES string of the molecule is CCCNC(CCc1ccc2c(c1)CCO2)C(F)F. The first-order valence-electron chi connectivity index (χ1n) is 6.97. The van der Waals surface area contributed by atoms with Crippen LogP contribution in [0.1, 0.15) is 30.9 Å². The molecule has 1 aromatic carbocycles. The summed E-state index contributed by atoms with van der Waals surface area (Å²) in [6, 6.07) is 5.32. The van der Waals surface area contributed by atoms with Crippen LogP contribution in [-0.2, 0) is 12.8 Å². The summed E-state index contributed by atoms with van der Waals surface area (Å²) in [4.78, 5) is 0. The maximum absolute atomic E-state index is 12.9. The molecule has 0 spiro atoms. The van der Waals surface area contributed by atoms with Crippen LogP contribution in [0.4, 0.5) is 8.78 Å². The van der Waals surface area contributed by atoms with Crippen LogP contribution < -0.4 is 10.1 Å². The smallest absolute Gasteiger partial charge is 0.253 e. The number of halogens is 2. The van der Waals surface area contributed by atoms with Gasteiger partial charge in [0.2, 0.25) is 0 Å². The minimum absolute atomic E-state index is 0.470. The Morgan fingerprint density at radius 1 is 1.37 bits per heavy atom. The predicted octanol–water partition coefficient (Wildman–Crippen LogP) is 3.19. The average Bonchev–Trinajstić information content (AvgIpc) is 2.85. The van der Waals surface area contributed by atoms with Crippen molar-refractivity contribution in [3.63, 3.8) is 0 Å². The van der Waals surface area contributed by atoms with E-state index in [4.69, 9.17) is 4.74 Å². The second-order valence-corrected chi connectivity index (χ2v) is 4.97. The molecule has 0 aliphatic carbocycles. The maximum atomic E-state index is 12.9. The first-order chi connectivity index (χ1) is 9.20. The number of nitrogens with one attached hydrogen (secondary N) is 1. The quantitative estimate of drug-likeness (QED) is 0.821. The topological polar surface area (TPSA) is 21.3 Å². The first-order valence-corrected chi connectivity index (χ1v) is 6.97. The van der Waals surface area contributed by atoms with Crippen molar-refractivity contribution in [2.45, 2.75) is 45.1 Å². The molecular formula is C15H21F2NO. The summed E-state index contributed by atoms with van der Waals surface area (Å²) in [7, 11) is 0. The van der Waals surface area contributed by atoms with Gasteiger partial charge in [-0.1, -0.05) is 19.1 Å². The van der Waals surface area contributed by atoms with E-state index in [1.165, 1.54) is 5.56 Å². The van der Waals surface area contributed by atoms with Gasteiger partial charge in [-0.15, -0.1) is 0 Å². The molecule has 0 saturated heterocycles. The zero-order valence-electron chi connectivity index (χ0n) is 11.3. The molecule has 1 atom stereocenters. The summed E-state index contributed by atoms with van der Waals surface area (Å²) in [5.41, 5.74) is 2.32. The zero-order valence-corrected chi connectivity index (χ0v) is 11.3. The number of hydrogen-bond acceptors (Lipinski definition) is 2. The second-order valence-electron chi connectivity index (χ2n) is 4.97. The van der Waals surface area contributed by atoms with Gasteiger partial charge < -0.3 is 10.1 Å². The van der Waals surface area contributed by atoms with Gasteiger partial charge in [0.05, 0.1) is 12.6 Å². The van der Waals surface area contributed by atoms with Crippen LogP contribution in [0.25, 0.3) is 0 Å². The van der Waals surface area contributed by atoms with E-state index >= 15 is 0 Å². The van der Waals surface area contributed by atoms with Crippen LogP contribution in [0.3, 0.4) is 0 Å². The van der Waals surface area contributed by atoms with E-state index in [1.807, 2.05) is 19.1 Å². The van der Waals surface area contributed by atoms with E-state index in [2.05, 4.69) is 11.4 Å². The molecule has 0 radical (unpaired) electrons. The zero-order chi connectivity index (χ0) is 13.7. The standard InChI is InChI=1S/C15H21F2NO/c1-2-8-18-13(15(16)17)5-3-11-4-6-14-12(10-11)7-9-19-14/h4,6,10,13,15,18H,2-3,5,7-9H2,1H3. The molecule has 1 aromatic rings. The highest BCUT2D eigenvalue weighted by molar-refractivity contribution is 5.39. The minimum atomic E-state index is -2.30. The highest BCUT2D eigenvalue weighted by Gasteiger charge is 2.19. The molecule has 106 valence electrons. The van der Waals surface area contributed by atoms with Crippen LogP contribution >= 0.6 is 0 Å². The Labute approximate surface area is 113 Å². The molecule has 0 amide bonds. The summed E-state index contributed by atoms with van der Waals surface area (Å²) in [5.74, 6) is 0.943. The molecule has 1 aliphatic rings. The lowest BCUT2D eigenvalue weighted by molar-refractivity contribution is 0.0943. The number of aryl methyl sites for hydroxylation is 1. The number of rotatable bonds is 7. The van der Waals surface area contributed by atoms with Crippen molar-refractivity contribution in [2.24, 2.45) is 0 Å². The monoisotopic (exact) mass is 269 g/mol. The number of benzene rings is 1. The van der Waals surface area contributed by atoms with Gasteiger partial charge in [-0.2, -0.15) is 0 Å². The number of alkyl halides is 2. The molecule has 2 nitrogen and oxygen atoms in total. The maximum Gasteiger partial charge on any atom is 0.253 e. The van der Waals surface area contributed by atoms with Crippen LogP contribution in [-0.4, -0.2) is 25.6 Å².